The number of pyridine rings is 1. The minimum absolute atomic E-state index is 0.202. The van der Waals surface area contributed by atoms with Crippen LogP contribution in [0.2, 0.25) is 0 Å². The Bertz CT molecular complexity index is 360. The van der Waals surface area contributed by atoms with Gasteiger partial charge in [0.2, 0.25) is 5.88 Å². The van der Waals surface area contributed by atoms with E-state index in [9.17, 15) is 0 Å². The van der Waals surface area contributed by atoms with Gasteiger partial charge in [0.25, 0.3) is 0 Å². The molecule has 1 fully saturated rings. The number of ether oxygens (including phenoxy) is 2. The molecule has 4 nitrogen and oxygen atoms in total. The third-order valence-corrected chi connectivity index (χ3v) is 2.92. The molecule has 0 amide bonds. The second-order valence-corrected chi connectivity index (χ2v) is 4.58. The van der Waals surface area contributed by atoms with Gasteiger partial charge in [-0.3, -0.25) is 0 Å². The molecule has 2 atom stereocenters. The maximum Gasteiger partial charge on any atom is 0.215 e. The van der Waals surface area contributed by atoms with Crippen LogP contribution in [-0.2, 0) is 4.74 Å². The predicted octanol–water partition coefficient (Wildman–Crippen LogP) is 2.46. The van der Waals surface area contributed by atoms with Crippen molar-refractivity contribution in [2.75, 3.05) is 12.4 Å². The van der Waals surface area contributed by atoms with E-state index in [2.05, 4.69) is 24.1 Å². The van der Waals surface area contributed by atoms with Gasteiger partial charge in [0.05, 0.1) is 12.2 Å². The van der Waals surface area contributed by atoms with Gasteiger partial charge in [0.15, 0.2) is 0 Å². The minimum Gasteiger partial charge on any atom is -0.474 e. The van der Waals surface area contributed by atoms with Gasteiger partial charge in [0, 0.05) is 26.0 Å². The first-order valence-corrected chi connectivity index (χ1v) is 6.14. The second kappa shape index (κ2) is 5.36. The number of anilines is 1. The Hall–Kier alpha value is -1.29. The van der Waals surface area contributed by atoms with Crippen molar-refractivity contribution in [1.29, 1.82) is 0 Å². The first-order valence-electron chi connectivity index (χ1n) is 6.14. The van der Waals surface area contributed by atoms with Crippen molar-refractivity contribution in [3.63, 3.8) is 0 Å². The Morgan fingerprint density at radius 2 is 2.00 bits per heavy atom. The van der Waals surface area contributed by atoms with Crippen LogP contribution in [-0.4, -0.2) is 30.3 Å². The average molecular weight is 236 g/mol. The molecule has 4 heteroatoms. The molecule has 1 aliphatic heterocycles. The summed E-state index contributed by atoms with van der Waals surface area (Å²) in [6, 6.07) is 5.76. The number of aromatic nitrogens is 1. The maximum absolute atomic E-state index is 5.91. The lowest BCUT2D eigenvalue weighted by molar-refractivity contribution is -0.0729. The standard InChI is InChI=1S/C13H20N2O2/c1-9-7-11(8-10(2)16-9)17-13-6-4-5-12(14-3)15-13/h4-6,9-11H,7-8H2,1-3H3,(H,14,15). The first kappa shape index (κ1) is 12.2. The van der Waals surface area contributed by atoms with E-state index in [1.165, 1.54) is 0 Å². The molecule has 2 unspecified atom stereocenters. The summed E-state index contributed by atoms with van der Waals surface area (Å²) in [5.74, 6) is 1.51. The SMILES string of the molecule is CNc1cccc(OC2CC(C)OC(C)C2)n1. The van der Waals surface area contributed by atoms with Crippen LogP contribution in [0.4, 0.5) is 5.82 Å². The first-order chi connectivity index (χ1) is 8.17. The van der Waals surface area contributed by atoms with Gasteiger partial charge in [-0.2, -0.15) is 4.98 Å². The molecule has 0 aliphatic carbocycles. The quantitative estimate of drug-likeness (QED) is 0.875. The Labute approximate surface area is 102 Å². The fourth-order valence-corrected chi connectivity index (χ4v) is 2.23. The molecule has 0 saturated carbocycles. The Balaban J connectivity index is 1.99. The molecule has 1 N–H and O–H groups in total. The summed E-state index contributed by atoms with van der Waals surface area (Å²) in [6.07, 6.45) is 2.58. The van der Waals surface area contributed by atoms with Gasteiger partial charge < -0.3 is 14.8 Å². The van der Waals surface area contributed by atoms with E-state index in [0.29, 0.717) is 5.88 Å². The van der Waals surface area contributed by atoms with Crippen molar-refractivity contribution in [3.05, 3.63) is 18.2 Å². The highest BCUT2D eigenvalue weighted by Crippen LogP contribution is 2.23. The lowest BCUT2D eigenvalue weighted by atomic mass is 10.0. The molecule has 0 radical (unpaired) electrons. The molecule has 1 saturated heterocycles. The lowest BCUT2D eigenvalue weighted by Gasteiger charge is -2.31. The summed E-state index contributed by atoms with van der Waals surface area (Å²) in [6.45, 7) is 4.17. The zero-order valence-electron chi connectivity index (χ0n) is 10.6. The van der Waals surface area contributed by atoms with Gasteiger partial charge in [-0.25, -0.2) is 0 Å². The Morgan fingerprint density at radius 3 is 2.65 bits per heavy atom. The van der Waals surface area contributed by atoms with E-state index in [1.807, 2.05) is 25.2 Å². The molecular formula is C13H20N2O2. The van der Waals surface area contributed by atoms with Crippen LogP contribution >= 0.6 is 0 Å². The lowest BCUT2D eigenvalue weighted by Crippen LogP contribution is -2.35. The summed E-state index contributed by atoms with van der Waals surface area (Å²) in [5.41, 5.74) is 0. The van der Waals surface area contributed by atoms with Crippen LogP contribution in [0.5, 0.6) is 5.88 Å². The predicted molar refractivity (Wildman–Crippen MR) is 67.4 cm³/mol. The third-order valence-electron chi connectivity index (χ3n) is 2.92. The van der Waals surface area contributed by atoms with Crippen LogP contribution in [0.3, 0.4) is 0 Å². The zero-order valence-corrected chi connectivity index (χ0v) is 10.6. The minimum atomic E-state index is 0.202. The van der Waals surface area contributed by atoms with Crippen molar-refractivity contribution in [3.8, 4) is 5.88 Å². The molecule has 1 aromatic rings. The van der Waals surface area contributed by atoms with Crippen molar-refractivity contribution >= 4 is 5.82 Å². The van der Waals surface area contributed by atoms with Gasteiger partial charge in [-0.05, 0) is 19.9 Å². The van der Waals surface area contributed by atoms with E-state index in [4.69, 9.17) is 9.47 Å². The Morgan fingerprint density at radius 1 is 1.29 bits per heavy atom. The number of nitrogens with one attached hydrogen (secondary N) is 1. The van der Waals surface area contributed by atoms with Crippen LogP contribution in [0, 0.1) is 0 Å². The molecular weight excluding hydrogens is 216 g/mol. The van der Waals surface area contributed by atoms with E-state index >= 15 is 0 Å². The monoisotopic (exact) mass is 236 g/mol. The molecule has 0 aromatic carbocycles. The van der Waals surface area contributed by atoms with E-state index in [0.717, 1.165) is 18.7 Å². The van der Waals surface area contributed by atoms with Gasteiger partial charge in [-0.15, -0.1) is 0 Å². The zero-order chi connectivity index (χ0) is 12.3. The summed E-state index contributed by atoms with van der Waals surface area (Å²) >= 11 is 0. The highest BCUT2D eigenvalue weighted by Gasteiger charge is 2.26. The smallest absolute Gasteiger partial charge is 0.215 e. The number of hydrogen-bond donors (Lipinski definition) is 1. The van der Waals surface area contributed by atoms with Crippen LogP contribution in [0.25, 0.3) is 0 Å². The summed E-state index contributed by atoms with van der Waals surface area (Å²) in [5, 5.41) is 3.01. The molecule has 0 bridgehead atoms. The van der Waals surface area contributed by atoms with Gasteiger partial charge >= 0.3 is 0 Å². The molecule has 0 spiro atoms. The van der Waals surface area contributed by atoms with Crippen LogP contribution < -0.4 is 10.1 Å². The number of rotatable bonds is 3. The maximum atomic E-state index is 5.91. The van der Waals surface area contributed by atoms with E-state index in [1.54, 1.807) is 0 Å². The normalized spacial score (nSPS) is 28.8. The van der Waals surface area contributed by atoms with E-state index in [-0.39, 0.29) is 18.3 Å². The van der Waals surface area contributed by atoms with Crippen molar-refractivity contribution in [2.45, 2.75) is 45.0 Å². The number of nitrogens with zero attached hydrogens (tertiary/aromatic N) is 1. The molecule has 1 aliphatic rings. The largest absolute Gasteiger partial charge is 0.474 e. The highest BCUT2D eigenvalue weighted by atomic mass is 16.5. The van der Waals surface area contributed by atoms with Gasteiger partial charge in [-0.1, -0.05) is 6.07 Å². The molecule has 1 aromatic heterocycles. The molecule has 94 valence electrons. The highest BCUT2D eigenvalue weighted by molar-refractivity contribution is 5.36. The summed E-state index contributed by atoms with van der Waals surface area (Å²) in [7, 11) is 1.85. The fourth-order valence-electron chi connectivity index (χ4n) is 2.23. The van der Waals surface area contributed by atoms with Crippen LogP contribution in [0.15, 0.2) is 18.2 Å². The van der Waals surface area contributed by atoms with E-state index < -0.39 is 0 Å². The third kappa shape index (κ3) is 3.33. The number of hydrogen-bond acceptors (Lipinski definition) is 4. The average Bonchev–Trinajstić information content (AvgIpc) is 2.28. The van der Waals surface area contributed by atoms with Crippen molar-refractivity contribution in [2.24, 2.45) is 0 Å². The topological polar surface area (TPSA) is 43.4 Å². The summed E-state index contributed by atoms with van der Waals surface area (Å²) < 4.78 is 11.6. The second-order valence-electron chi connectivity index (χ2n) is 4.58. The molecule has 2 rings (SSSR count). The Kier molecular flexibility index (Phi) is 3.84. The molecule has 2 heterocycles. The van der Waals surface area contributed by atoms with Crippen molar-refractivity contribution in [1.82, 2.24) is 4.98 Å². The van der Waals surface area contributed by atoms with Crippen LogP contribution in [0.1, 0.15) is 26.7 Å². The summed E-state index contributed by atoms with van der Waals surface area (Å²) in [4.78, 5) is 4.36. The van der Waals surface area contributed by atoms with Crippen molar-refractivity contribution < 1.29 is 9.47 Å². The fraction of sp³-hybridized carbons (Fsp3) is 0.615. The van der Waals surface area contributed by atoms with Gasteiger partial charge in [0.1, 0.15) is 11.9 Å². The molecule has 17 heavy (non-hydrogen) atoms.